The molecule has 0 atom stereocenters. The molecule has 0 aromatic carbocycles. The zero-order valence-electron chi connectivity index (χ0n) is 8.66. The quantitative estimate of drug-likeness (QED) is 0.730. The summed E-state index contributed by atoms with van der Waals surface area (Å²) in [6.07, 6.45) is 0.888. The van der Waals surface area contributed by atoms with Gasteiger partial charge in [0.05, 0.1) is 12.3 Å². The molecule has 1 heterocycles. The maximum atomic E-state index is 8.93. The topological polar surface area (TPSA) is 58.8 Å². The minimum absolute atomic E-state index is 0.345. The lowest BCUT2D eigenvalue weighted by Gasteiger charge is -2.07. The smallest absolute Gasteiger partial charge is 0.251 e. The molecule has 0 saturated heterocycles. The van der Waals surface area contributed by atoms with Gasteiger partial charge in [-0.05, 0) is 25.8 Å². The molecule has 0 spiro atoms. The molecule has 0 fully saturated rings. The molecule has 4 nitrogen and oxygen atoms in total. The maximum absolute atomic E-state index is 8.93. The summed E-state index contributed by atoms with van der Waals surface area (Å²) in [6.45, 7) is 6.24. The number of aromatic nitrogens is 2. The first-order valence-electron chi connectivity index (χ1n) is 4.57. The van der Waals surface area contributed by atoms with Gasteiger partial charge in [0.25, 0.3) is 5.88 Å². The monoisotopic (exact) mass is 191 g/mol. The Balaban J connectivity index is 3.06. The second-order valence-electron chi connectivity index (χ2n) is 3.05. The summed E-state index contributed by atoms with van der Waals surface area (Å²) >= 11 is 0. The Morgan fingerprint density at radius 3 is 2.64 bits per heavy atom. The number of rotatable bonds is 3. The molecule has 0 aliphatic carbocycles. The third-order valence-corrected chi connectivity index (χ3v) is 1.98. The van der Waals surface area contributed by atoms with E-state index in [4.69, 9.17) is 10.00 Å². The second-order valence-corrected chi connectivity index (χ2v) is 3.05. The Morgan fingerprint density at radius 2 is 2.07 bits per heavy atom. The van der Waals surface area contributed by atoms with Gasteiger partial charge in [-0.2, -0.15) is 10.4 Å². The molecule has 0 radical (unpaired) electrons. The second kappa shape index (κ2) is 4.56. The van der Waals surface area contributed by atoms with Gasteiger partial charge in [0, 0.05) is 0 Å². The van der Waals surface area contributed by atoms with Gasteiger partial charge in [-0.3, -0.25) is 0 Å². The van der Waals surface area contributed by atoms with E-state index in [1.165, 1.54) is 0 Å². The van der Waals surface area contributed by atoms with Gasteiger partial charge in [-0.25, -0.2) is 0 Å². The molecule has 14 heavy (non-hydrogen) atoms. The molecule has 0 saturated carbocycles. The fraction of sp³-hybridized carbons (Fsp3) is 0.500. The Bertz CT molecular complexity index is 368. The molecule has 0 aliphatic rings. The first kappa shape index (κ1) is 10.5. The third kappa shape index (κ3) is 1.99. The molecule has 0 unspecified atom stereocenters. The van der Waals surface area contributed by atoms with Gasteiger partial charge in [-0.1, -0.05) is 6.92 Å². The summed E-state index contributed by atoms with van der Waals surface area (Å²) in [5.74, 6) is 0.345. The summed E-state index contributed by atoms with van der Waals surface area (Å²) in [5, 5.41) is 16.7. The molecule has 0 N–H and O–H groups in total. The normalized spacial score (nSPS) is 9.57. The first-order valence-corrected chi connectivity index (χ1v) is 4.57. The maximum Gasteiger partial charge on any atom is 0.251 e. The molecule has 4 heteroatoms. The molecular weight excluding hydrogens is 178 g/mol. The minimum atomic E-state index is 0.345. The molecule has 1 rings (SSSR count). The van der Waals surface area contributed by atoms with E-state index in [2.05, 4.69) is 16.3 Å². The highest BCUT2D eigenvalue weighted by atomic mass is 16.5. The van der Waals surface area contributed by atoms with Crippen LogP contribution < -0.4 is 4.74 Å². The van der Waals surface area contributed by atoms with Crippen molar-refractivity contribution in [2.45, 2.75) is 27.2 Å². The third-order valence-electron chi connectivity index (χ3n) is 1.98. The van der Waals surface area contributed by atoms with Crippen molar-refractivity contribution in [3.05, 3.63) is 16.8 Å². The number of hydrogen-bond acceptors (Lipinski definition) is 4. The zero-order chi connectivity index (χ0) is 10.6. The molecule has 1 aromatic heterocycles. The summed E-state index contributed by atoms with van der Waals surface area (Å²) in [6, 6.07) is 2.09. The van der Waals surface area contributed by atoms with Gasteiger partial charge >= 0.3 is 0 Å². The van der Waals surface area contributed by atoms with E-state index in [-0.39, 0.29) is 0 Å². The lowest BCUT2D eigenvalue weighted by Crippen LogP contribution is -2.04. The van der Waals surface area contributed by atoms with Crippen LogP contribution in [0.2, 0.25) is 0 Å². The number of hydrogen-bond donors (Lipinski definition) is 0. The lowest BCUT2D eigenvalue weighted by atomic mass is 10.1. The van der Waals surface area contributed by atoms with Gasteiger partial charge < -0.3 is 4.74 Å². The summed E-state index contributed by atoms with van der Waals surface area (Å²) in [7, 11) is 0. The average molecular weight is 191 g/mol. The van der Waals surface area contributed by atoms with E-state index < -0.39 is 0 Å². The number of nitrogens with zero attached hydrogens (tertiary/aromatic N) is 3. The standard InChI is InChI=1S/C10H13N3O/c1-4-5-14-10-9(6-11)7(2)8(3)12-13-10/h4-5H2,1-3H3. The van der Waals surface area contributed by atoms with Crippen LogP contribution in [0.15, 0.2) is 0 Å². The van der Waals surface area contributed by atoms with Gasteiger partial charge in [0.15, 0.2) is 0 Å². The van der Waals surface area contributed by atoms with Crippen molar-refractivity contribution in [2.75, 3.05) is 6.61 Å². The SMILES string of the molecule is CCCOc1nnc(C)c(C)c1C#N. The average Bonchev–Trinajstić information content (AvgIpc) is 2.20. The van der Waals surface area contributed by atoms with E-state index >= 15 is 0 Å². The largest absolute Gasteiger partial charge is 0.476 e. The van der Waals surface area contributed by atoms with Crippen molar-refractivity contribution >= 4 is 0 Å². The van der Waals surface area contributed by atoms with Crippen LogP contribution in [-0.2, 0) is 0 Å². The van der Waals surface area contributed by atoms with Crippen LogP contribution >= 0.6 is 0 Å². The van der Waals surface area contributed by atoms with Crippen LogP contribution in [0.25, 0.3) is 0 Å². The Morgan fingerprint density at radius 1 is 1.36 bits per heavy atom. The van der Waals surface area contributed by atoms with E-state index in [1.807, 2.05) is 20.8 Å². The van der Waals surface area contributed by atoms with E-state index in [1.54, 1.807) is 0 Å². The highest BCUT2D eigenvalue weighted by molar-refractivity contribution is 5.44. The van der Waals surface area contributed by atoms with E-state index in [0.717, 1.165) is 17.7 Å². The van der Waals surface area contributed by atoms with Crippen LogP contribution in [0.3, 0.4) is 0 Å². The summed E-state index contributed by atoms with van der Waals surface area (Å²) in [5.41, 5.74) is 2.10. The van der Waals surface area contributed by atoms with Crippen molar-refractivity contribution in [1.82, 2.24) is 10.2 Å². The molecule has 0 aliphatic heterocycles. The van der Waals surface area contributed by atoms with Crippen molar-refractivity contribution < 1.29 is 4.74 Å². The lowest BCUT2D eigenvalue weighted by molar-refractivity contribution is 0.300. The predicted octanol–water partition coefficient (Wildman–Crippen LogP) is 1.75. The minimum Gasteiger partial charge on any atom is -0.476 e. The first-order chi connectivity index (χ1) is 6.70. The van der Waals surface area contributed by atoms with Crippen LogP contribution in [0.4, 0.5) is 0 Å². The Hall–Kier alpha value is -1.63. The highest BCUT2D eigenvalue weighted by Gasteiger charge is 2.11. The number of nitriles is 1. The highest BCUT2D eigenvalue weighted by Crippen LogP contribution is 2.18. The van der Waals surface area contributed by atoms with E-state index in [9.17, 15) is 0 Å². The van der Waals surface area contributed by atoms with E-state index in [0.29, 0.717) is 18.1 Å². The predicted molar refractivity (Wildman–Crippen MR) is 52.0 cm³/mol. The van der Waals surface area contributed by atoms with Crippen molar-refractivity contribution in [1.29, 1.82) is 5.26 Å². The number of ether oxygens (including phenoxy) is 1. The van der Waals surface area contributed by atoms with Crippen LogP contribution in [0, 0.1) is 25.2 Å². The summed E-state index contributed by atoms with van der Waals surface area (Å²) in [4.78, 5) is 0. The molecule has 0 amide bonds. The van der Waals surface area contributed by atoms with Gasteiger partial charge in [-0.15, -0.1) is 5.10 Å². The fourth-order valence-corrected chi connectivity index (χ4v) is 1.02. The van der Waals surface area contributed by atoms with Crippen molar-refractivity contribution in [2.24, 2.45) is 0 Å². The van der Waals surface area contributed by atoms with Crippen LogP contribution in [0.5, 0.6) is 5.88 Å². The molecule has 0 bridgehead atoms. The summed E-state index contributed by atoms with van der Waals surface area (Å²) < 4.78 is 5.32. The number of aryl methyl sites for hydroxylation is 1. The van der Waals surface area contributed by atoms with Crippen LogP contribution in [0.1, 0.15) is 30.2 Å². The Labute approximate surface area is 83.5 Å². The van der Waals surface area contributed by atoms with Gasteiger partial charge in [0.2, 0.25) is 0 Å². The van der Waals surface area contributed by atoms with Crippen molar-refractivity contribution in [3.8, 4) is 11.9 Å². The molecular formula is C10H13N3O. The van der Waals surface area contributed by atoms with Crippen LogP contribution in [-0.4, -0.2) is 16.8 Å². The fourth-order valence-electron chi connectivity index (χ4n) is 1.02. The molecule has 74 valence electrons. The van der Waals surface area contributed by atoms with Gasteiger partial charge in [0.1, 0.15) is 11.6 Å². The zero-order valence-corrected chi connectivity index (χ0v) is 8.66. The van der Waals surface area contributed by atoms with Crippen molar-refractivity contribution in [3.63, 3.8) is 0 Å². The molecule has 1 aromatic rings. The Kier molecular flexibility index (Phi) is 3.41.